The fraction of sp³-hybridized carbons (Fsp3) is 1.00. The SMILES string of the molecule is CC(C)CC1CNC(C)CCN1. The molecule has 1 aliphatic heterocycles. The third-order valence-electron chi connectivity index (χ3n) is 2.48. The van der Waals surface area contributed by atoms with E-state index in [0.29, 0.717) is 12.1 Å². The van der Waals surface area contributed by atoms with Gasteiger partial charge in [-0.25, -0.2) is 0 Å². The average Bonchev–Trinajstić information content (AvgIpc) is 2.15. The van der Waals surface area contributed by atoms with Gasteiger partial charge in [0.25, 0.3) is 0 Å². The molecule has 1 heterocycles. The Hall–Kier alpha value is -0.0800. The second-order valence-corrected chi connectivity index (χ2v) is 4.38. The van der Waals surface area contributed by atoms with Crippen LogP contribution in [-0.4, -0.2) is 25.2 Å². The zero-order valence-corrected chi connectivity index (χ0v) is 8.56. The first kappa shape index (κ1) is 10.0. The predicted octanol–water partition coefficient (Wildman–Crippen LogP) is 1.37. The summed E-state index contributed by atoms with van der Waals surface area (Å²) in [4.78, 5) is 0. The molecule has 12 heavy (non-hydrogen) atoms. The molecule has 2 nitrogen and oxygen atoms in total. The first-order chi connectivity index (χ1) is 5.68. The zero-order valence-electron chi connectivity index (χ0n) is 8.56. The molecule has 0 radical (unpaired) electrons. The minimum absolute atomic E-state index is 0.690. The molecule has 1 saturated heterocycles. The first-order valence-corrected chi connectivity index (χ1v) is 5.15. The van der Waals surface area contributed by atoms with Crippen molar-refractivity contribution in [2.45, 2.75) is 45.7 Å². The lowest BCUT2D eigenvalue weighted by Crippen LogP contribution is -2.37. The molecular weight excluding hydrogens is 148 g/mol. The van der Waals surface area contributed by atoms with Gasteiger partial charge in [-0.2, -0.15) is 0 Å². The first-order valence-electron chi connectivity index (χ1n) is 5.15. The van der Waals surface area contributed by atoms with Gasteiger partial charge in [0, 0.05) is 18.6 Å². The lowest BCUT2D eigenvalue weighted by molar-refractivity contribution is 0.423. The standard InChI is InChI=1S/C10H22N2/c1-8(2)6-10-7-12-9(3)4-5-11-10/h8-12H,4-7H2,1-3H3. The highest BCUT2D eigenvalue weighted by Crippen LogP contribution is 2.06. The molecule has 0 aromatic heterocycles. The highest BCUT2D eigenvalue weighted by Gasteiger charge is 2.15. The quantitative estimate of drug-likeness (QED) is 0.654. The van der Waals surface area contributed by atoms with E-state index in [-0.39, 0.29) is 0 Å². The van der Waals surface area contributed by atoms with Gasteiger partial charge in [-0.05, 0) is 32.2 Å². The maximum atomic E-state index is 3.58. The van der Waals surface area contributed by atoms with Crippen LogP contribution in [0.2, 0.25) is 0 Å². The predicted molar refractivity (Wildman–Crippen MR) is 53.3 cm³/mol. The van der Waals surface area contributed by atoms with Gasteiger partial charge in [0.2, 0.25) is 0 Å². The second-order valence-electron chi connectivity index (χ2n) is 4.38. The summed E-state index contributed by atoms with van der Waals surface area (Å²) in [5.74, 6) is 0.803. The highest BCUT2D eigenvalue weighted by atomic mass is 15.0. The van der Waals surface area contributed by atoms with Crippen molar-refractivity contribution in [3.05, 3.63) is 0 Å². The molecule has 0 aliphatic carbocycles. The summed E-state index contributed by atoms with van der Waals surface area (Å²) in [6.45, 7) is 9.15. The molecule has 1 rings (SSSR count). The lowest BCUT2D eigenvalue weighted by Gasteiger charge is -2.17. The van der Waals surface area contributed by atoms with E-state index in [4.69, 9.17) is 0 Å². The van der Waals surface area contributed by atoms with Crippen LogP contribution in [0.4, 0.5) is 0 Å². The van der Waals surface area contributed by atoms with Gasteiger partial charge in [-0.3, -0.25) is 0 Å². The maximum Gasteiger partial charge on any atom is 0.0195 e. The molecule has 0 aromatic rings. The molecule has 0 amide bonds. The average molecular weight is 170 g/mol. The minimum Gasteiger partial charge on any atom is -0.313 e. The Morgan fingerprint density at radius 1 is 1.33 bits per heavy atom. The van der Waals surface area contributed by atoms with Crippen LogP contribution >= 0.6 is 0 Å². The zero-order chi connectivity index (χ0) is 8.97. The topological polar surface area (TPSA) is 24.1 Å². The van der Waals surface area contributed by atoms with Crippen molar-refractivity contribution in [1.82, 2.24) is 10.6 Å². The molecule has 2 unspecified atom stereocenters. The summed E-state index contributed by atoms with van der Waals surface area (Å²) in [5, 5.41) is 7.12. The molecule has 1 fully saturated rings. The molecule has 2 heteroatoms. The Kier molecular flexibility index (Phi) is 4.02. The molecule has 0 spiro atoms. The van der Waals surface area contributed by atoms with Crippen molar-refractivity contribution >= 4 is 0 Å². The van der Waals surface area contributed by atoms with Gasteiger partial charge in [0.1, 0.15) is 0 Å². The second kappa shape index (κ2) is 4.83. The van der Waals surface area contributed by atoms with E-state index < -0.39 is 0 Å². The third kappa shape index (κ3) is 3.55. The Labute approximate surface area is 76.1 Å². The monoisotopic (exact) mass is 170 g/mol. The Morgan fingerprint density at radius 3 is 2.75 bits per heavy atom. The van der Waals surface area contributed by atoms with Gasteiger partial charge in [0.15, 0.2) is 0 Å². The number of hydrogen-bond acceptors (Lipinski definition) is 2. The number of hydrogen-bond donors (Lipinski definition) is 2. The smallest absolute Gasteiger partial charge is 0.0195 e. The lowest BCUT2D eigenvalue weighted by atomic mass is 10.0. The van der Waals surface area contributed by atoms with Gasteiger partial charge >= 0.3 is 0 Å². The molecule has 0 bridgehead atoms. The van der Waals surface area contributed by atoms with Crippen LogP contribution in [0.5, 0.6) is 0 Å². The normalized spacial score (nSPS) is 32.0. The van der Waals surface area contributed by atoms with Gasteiger partial charge in [0.05, 0.1) is 0 Å². The largest absolute Gasteiger partial charge is 0.313 e. The van der Waals surface area contributed by atoms with Crippen LogP contribution < -0.4 is 10.6 Å². The van der Waals surface area contributed by atoms with Crippen molar-refractivity contribution in [2.24, 2.45) is 5.92 Å². The van der Waals surface area contributed by atoms with E-state index in [1.807, 2.05) is 0 Å². The molecular formula is C10H22N2. The summed E-state index contributed by atoms with van der Waals surface area (Å²) in [7, 11) is 0. The molecule has 0 saturated carbocycles. The molecule has 2 atom stereocenters. The van der Waals surface area contributed by atoms with Crippen LogP contribution in [0.15, 0.2) is 0 Å². The van der Waals surface area contributed by atoms with E-state index in [1.165, 1.54) is 19.4 Å². The van der Waals surface area contributed by atoms with Crippen LogP contribution in [-0.2, 0) is 0 Å². The maximum absolute atomic E-state index is 3.58. The highest BCUT2D eigenvalue weighted by molar-refractivity contribution is 4.78. The molecule has 72 valence electrons. The molecule has 1 aliphatic rings. The van der Waals surface area contributed by atoms with E-state index in [2.05, 4.69) is 31.4 Å². The van der Waals surface area contributed by atoms with Gasteiger partial charge in [-0.1, -0.05) is 13.8 Å². The van der Waals surface area contributed by atoms with Crippen molar-refractivity contribution < 1.29 is 0 Å². The van der Waals surface area contributed by atoms with Gasteiger partial charge < -0.3 is 10.6 Å². The number of nitrogens with one attached hydrogen (secondary N) is 2. The number of rotatable bonds is 2. The Balaban J connectivity index is 2.26. The van der Waals surface area contributed by atoms with Crippen molar-refractivity contribution in [1.29, 1.82) is 0 Å². The summed E-state index contributed by atoms with van der Waals surface area (Å²) in [6, 6.07) is 1.38. The van der Waals surface area contributed by atoms with Gasteiger partial charge in [-0.15, -0.1) is 0 Å². The van der Waals surface area contributed by atoms with E-state index >= 15 is 0 Å². The summed E-state index contributed by atoms with van der Waals surface area (Å²) in [6.07, 6.45) is 2.55. The van der Waals surface area contributed by atoms with Crippen molar-refractivity contribution in [2.75, 3.05) is 13.1 Å². The van der Waals surface area contributed by atoms with E-state index in [0.717, 1.165) is 12.5 Å². The molecule has 0 aromatic carbocycles. The van der Waals surface area contributed by atoms with Crippen LogP contribution in [0.3, 0.4) is 0 Å². The summed E-state index contributed by atoms with van der Waals surface area (Å²) < 4.78 is 0. The van der Waals surface area contributed by atoms with Crippen LogP contribution in [0, 0.1) is 5.92 Å². The fourth-order valence-corrected chi connectivity index (χ4v) is 1.76. The molecule has 2 N–H and O–H groups in total. The Morgan fingerprint density at radius 2 is 2.08 bits per heavy atom. The summed E-state index contributed by atoms with van der Waals surface area (Å²) in [5.41, 5.74) is 0. The third-order valence-corrected chi connectivity index (χ3v) is 2.48. The van der Waals surface area contributed by atoms with Crippen molar-refractivity contribution in [3.63, 3.8) is 0 Å². The minimum atomic E-state index is 0.690. The van der Waals surface area contributed by atoms with E-state index in [9.17, 15) is 0 Å². The van der Waals surface area contributed by atoms with Crippen LogP contribution in [0.1, 0.15) is 33.6 Å². The van der Waals surface area contributed by atoms with Crippen molar-refractivity contribution in [3.8, 4) is 0 Å². The fourth-order valence-electron chi connectivity index (χ4n) is 1.76. The Bertz CT molecular complexity index is 123. The summed E-state index contributed by atoms with van der Waals surface area (Å²) >= 11 is 0. The van der Waals surface area contributed by atoms with Crippen LogP contribution in [0.25, 0.3) is 0 Å². The van der Waals surface area contributed by atoms with E-state index in [1.54, 1.807) is 0 Å².